The SMILES string of the molecule is COc1ccc(C(=O)C2(C(=O)O)CCC2)cc1C. The van der Waals surface area contributed by atoms with Gasteiger partial charge in [-0.05, 0) is 43.5 Å². The van der Waals surface area contributed by atoms with Gasteiger partial charge in [0.05, 0.1) is 7.11 Å². The summed E-state index contributed by atoms with van der Waals surface area (Å²) in [4.78, 5) is 23.6. The molecule has 1 aliphatic carbocycles. The predicted molar refractivity (Wildman–Crippen MR) is 66.0 cm³/mol. The van der Waals surface area contributed by atoms with Crippen molar-refractivity contribution in [2.24, 2.45) is 5.41 Å². The van der Waals surface area contributed by atoms with Crippen LogP contribution in [0.1, 0.15) is 35.2 Å². The van der Waals surface area contributed by atoms with E-state index in [1.54, 1.807) is 25.3 Å². The van der Waals surface area contributed by atoms with Gasteiger partial charge in [-0.1, -0.05) is 6.42 Å². The third-order valence-corrected chi connectivity index (χ3v) is 3.71. The number of ether oxygens (including phenoxy) is 1. The van der Waals surface area contributed by atoms with Gasteiger partial charge in [-0.3, -0.25) is 9.59 Å². The summed E-state index contributed by atoms with van der Waals surface area (Å²) in [6.45, 7) is 1.84. The molecule has 0 unspecified atom stereocenters. The summed E-state index contributed by atoms with van der Waals surface area (Å²) < 4.78 is 5.13. The molecule has 0 atom stereocenters. The molecule has 1 aromatic rings. The Hall–Kier alpha value is -1.84. The van der Waals surface area contributed by atoms with Crippen molar-refractivity contribution >= 4 is 11.8 Å². The van der Waals surface area contributed by atoms with Crippen molar-refractivity contribution < 1.29 is 19.4 Å². The highest BCUT2D eigenvalue weighted by Crippen LogP contribution is 2.44. The van der Waals surface area contributed by atoms with E-state index < -0.39 is 11.4 Å². The number of hydrogen-bond donors (Lipinski definition) is 1. The number of carbonyl (C=O) groups is 2. The molecule has 96 valence electrons. The number of carboxylic acid groups (broad SMARTS) is 1. The van der Waals surface area contributed by atoms with Crippen LogP contribution in [0.3, 0.4) is 0 Å². The number of carboxylic acids is 1. The third kappa shape index (κ3) is 1.78. The zero-order valence-electron chi connectivity index (χ0n) is 10.5. The average molecular weight is 248 g/mol. The molecule has 0 amide bonds. The Labute approximate surface area is 106 Å². The Morgan fingerprint density at radius 2 is 2.00 bits per heavy atom. The molecule has 0 saturated heterocycles. The highest BCUT2D eigenvalue weighted by atomic mass is 16.5. The van der Waals surface area contributed by atoms with E-state index in [1.165, 1.54) is 0 Å². The molecule has 1 aliphatic rings. The predicted octanol–water partition coefficient (Wildman–Crippen LogP) is 2.44. The van der Waals surface area contributed by atoms with Crippen molar-refractivity contribution in [3.63, 3.8) is 0 Å². The monoisotopic (exact) mass is 248 g/mol. The van der Waals surface area contributed by atoms with Crippen LogP contribution in [0, 0.1) is 12.3 Å². The molecular formula is C14H16O4. The van der Waals surface area contributed by atoms with Gasteiger partial charge in [-0.15, -0.1) is 0 Å². The molecule has 18 heavy (non-hydrogen) atoms. The molecule has 4 heteroatoms. The van der Waals surface area contributed by atoms with E-state index in [-0.39, 0.29) is 5.78 Å². The molecule has 0 radical (unpaired) electrons. The van der Waals surface area contributed by atoms with Crippen LogP contribution in [0.2, 0.25) is 0 Å². The summed E-state index contributed by atoms with van der Waals surface area (Å²) in [6, 6.07) is 5.04. The lowest BCUT2D eigenvalue weighted by Crippen LogP contribution is -2.45. The fourth-order valence-corrected chi connectivity index (χ4v) is 2.36. The van der Waals surface area contributed by atoms with Crippen LogP contribution in [-0.4, -0.2) is 24.0 Å². The lowest BCUT2D eigenvalue weighted by atomic mass is 9.64. The van der Waals surface area contributed by atoms with Crippen molar-refractivity contribution in [2.45, 2.75) is 26.2 Å². The van der Waals surface area contributed by atoms with E-state index in [4.69, 9.17) is 4.74 Å². The second-order valence-corrected chi connectivity index (χ2v) is 4.75. The van der Waals surface area contributed by atoms with Gasteiger partial charge in [0.2, 0.25) is 0 Å². The minimum Gasteiger partial charge on any atom is -0.496 e. The molecule has 0 spiro atoms. The van der Waals surface area contributed by atoms with E-state index in [0.29, 0.717) is 24.2 Å². The Bertz CT molecular complexity index is 501. The number of hydrogen-bond acceptors (Lipinski definition) is 3. The average Bonchev–Trinajstić information content (AvgIpc) is 2.26. The molecule has 1 aromatic carbocycles. The van der Waals surface area contributed by atoms with Crippen LogP contribution in [-0.2, 0) is 4.79 Å². The molecular weight excluding hydrogens is 232 g/mol. The number of Topliss-reactive ketones (excluding diaryl/α,β-unsaturated/α-hetero) is 1. The second kappa shape index (κ2) is 4.44. The van der Waals surface area contributed by atoms with E-state index in [0.717, 1.165) is 12.0 Å². The standard InChI is InChI=1S/C14H16O4/c1-9-8-10(4-5-11(9)18-2)12(15)14(13(16)17)6-3-7-14/h4-5,8H,3,6-7H2,1-2H3,(H,16,17). The molecule has 0 heterocycles. The largest absolute Gasteiger partial charge is 0.496 e. The fourth-order valence-electron chi connectivity index (χ4n) is 2.36. The van der Waals surface area contributed by atoms with Crippen LogP contribution in [0.15, 0.2) is 18.2 Å². The van der Waals surface area contributed by atoms with Crippen molar-refractivity contribution in [2.75, 3.05) is 7.11 Å². The molecule has 0 aromatic heterocycles. The summed E-state index contributed by atoms with van der Waals surface area (Å²) in [5.74, 6) is -0.594. The Balaban J connectivity index is 2.34. The molecule has 0 bridgehead atoms. The Morgan fingerprint density at radius 1 is 1.33 bits per heavy atom. The van der Waals surface area contributed by atoms with Crippen LogP contribution < -0.4 is 4.74 Å². The summed E-state index contributed by atoms with van der Waals surface area (Å²) in [5, 5.41) is 9.24. The quantitative estimate of drug-likeness (QED) is 0.656. The summed E-state index contributed by atoms with van der Waals surface area (Å²) in [6.07, 6.45) is 1.67. The number of aliphatic carboxylic acids is 1. The maximum atomic E-state index is 12.3. The van der Waals surface area contributed by atoms with Gasteiger partial charge in [0.25, 0.3) is 0 Å². The molecule has 4 nitrogen and oxygen atoms in total. The summed E-state index contributed by atoms with van der Waals surface area (Å²) >= 11 is 0. The van der Waals surface area contributed by atoms with Crippen molar-refractivity contribution in [1.29, 1.82) is 0 Å². The fraction of sp³-hybridized carbons (Fsp3) is 0.429. The minimum absolute atomic E-state index is 0.285. The van der Waals surface area contributed by atoms with E-state index in [9.17, 15) is 14.7 Å². The normalized spacial score (nSPS) is 16.8. The number of methoxy groups -OCH3 is 1. The van der Waals surface area contributed by atoms with Crippen LogP contribution in [0.25, 0.3) is 0 Å². The first-order chi connectivity index (χ1) is 8.51. The van der Waals surface area contributed by atoms with E-state index in [2.05, 4.69) is 0 Å². The third-order valence-electron chi connectivity index (χ3n) is 3.71. The van der Waals surface area contributed by atoms with E-state index in [1.807, 2.05) is 6.92 Å². The highest BCUT2D eigenvalue weighted by Gasteiger charge is 2.51. The number of benzene rings is 1. The smallest absolute Gasteiger partial charge is 0.317 e. The van der Waals surface area contributed by atoms with Gasteiger partial charge in [0.15, 0.2) is 5.78 Å². The van der Waals surface area contributed by atoms with E-state index >= 15 is 0 Å². The van der Waals surface area contributed by atoms with Gasteiger partial charge in [-0.25, -0.2) is 0 Å². The van der Waals surface area contributed by atoms with Crippen molar-refractivity contribution in [3.05, 3.63) is 29.3 Å². The van der Waals surface area contributed by atoms with Gasteiger partial charge in [-0.2, -0.15) is 0 Å². The zero-order valence-corrected chi connectivity index (χ0v) is 10.5. The van der Waals surface area contributed by atoms with Crippen LogP contribution in [0.4, 0.5) is 0 Å². The van der Waals surface area contributed by atoms with Gasteiger partial charge >= 0.3 is 5.97 Å². The number of carbonyl (C=O) groups excluding carboxylic acids is 1. The number of aryl methyl sites for hydroxylation is 1. The summed E-state index contributed by atoms with van der Waals surface area (Å²) in [7, 11) is 1.56. The van der Waals surface area contributed by atoms with Gasteiger partial charge in [0, 0.05) is 5.56 Å². The lowest BCUT2D eigenvalue weighted by molar-refractivity contribution is -0.150. The first kappa shape index (κ1) is 12.6. The molecule has 1 saturated carbocycles. The molecule has 2 rings (SSSR count). The van der Waals surface area contributed by atoms with Crippen molar-refractivity contribution in [1.82, 2.24) is 0 Å². The summed E-state index contributed by atoms with van der Waals surface area (Å²) in [5.41, 5.74) is 0.0970. The van der Waals surface area contributed by atoms with Crippen LogP contribution in [0.5, 0.6) is 5.75 Å². The maximum absolute atomic E-state index is 12.3. The lowest BCUT2D eigenvalue weighted by Gasteiger charge is -2.36. The first-order valence-corrected chi connectivity index (χ1v) is 5.94. The van der Waals surface area contributed by atoms with Gasteiger partial charge < -0.3 is 9.84 Å². The first-order valence-electron chi connectivity index (χ1n) is 5.94. The Morgan fingerprint density at radius 3 is 2.39 bits per heavy atom. The zero-order chi connectivity index (χ0) is 13.3. The van der Waals surface area contributed by atoms with Crippen LogP contribution >= 0.6 is 0 Å². The Kier molecular flexibility index (Phi) is 3.11. The molecule has 1 N–H and O–H groups in total. The van der Waals surface area contributed by atoms with Crippen molar-refractivity contribution in [3.8, 4) is 5.75 Å². The number of ketones is 1. The number of rotatable bonds is 4. The molecule has 1 fully saturated rings. The topological polar surface area (TPSA) is 63.6 Å². The minimum atomic E-state index is -1.19. The molecule has 0 aliphatic heterocycles. The highest BCUT2D eigenvalue weighted by molar-refractivity contribution is 6.12. The second-order valence-electron chi connectivity index (χ2n) is 4.75. The van der Waals surface area contributed by atoms with Gasteiger partial charge in [0.1, 0.15) is 11.2 Å². The maximum Gasteiger partial charge on any atom is 0.317 e.